The van der Waals surface area contributed by atoms with E-state index in [4.69, 9.17) is 9.47 Å². The quantitative estimate of drug-likeness (QED) is 0.256. The number of nitrogens with zero attached hydrogens (tertiary/aromatic N) is 4. The molecule has 4 aromatic rings. The fraction of sp³-hybridized carbons (Fsp3) is 0.192. The Labute approximate surface area is 201 Å². The molecule has 2 heterocycles. The Kier molecular flexibility index (Phi) is 7.06. The van der Waals surface area contributed by atoms with Crippen LogP contribution in [0.3, 0.4) is 0 Å². The molecule has 0 saturated carbocycles. The summed E-state index contributed by atoms with van der Waals surface area (Å²) in [6.07, 6.45) is 5.14. The fourth-order valence-corrected chi connectivity index (χ4v) is 4.16. The van der Waals surface area contributed by atoms with Gasteiger partial charge in [-0.25, -0.2) is 0 Å². The number of para-hydroxylation sites is 1. The lowest BCUT2D eigenvalue weighted by molar-refractivity contribution is 0.266. The van der Waals surface area contributed by atoms with Crippen LogP contribution in [0.1, 0.15) is 24.0 Å². The summed E-state index contributed by atoms with van der Waals surface area (Å²) in [6, 6.07) is 17.5. The predicted molar refractivity (Wildman–Crippen MR) is 133 cm³/mol. The van der Waals surface area contributed by atoms with Crippen molar-refractivity contribution in [3.8, 4) is 28.8 Å². The van der Waals surface area contributed by atoms with Crippen molar-refractivity contribution < 1.29 is 9.47 Å². The van der Waals surface area contributed by atoms with E-state index in [2.05, 4.69) is 38.7 Å². The number of nitriles is 1. The molecule has 2 aromatic carbocycles. The third-order valence-electron chi connectivity index (χ3n) is 5.30. The second kappa shape index (κ2) is 10.3. The van der Waals surface area contributed by atoms with E-state index in [1.54, 1.807) is 16.8 Å². The summed E-state index contributed by atoms with van der Waals surface area (Å²) in [6.45, 7) is 4.88. The van der Waals surface area contributed by atoms with Crippen LogP contribution in [-0.4, -0.2) is 28.0 Å². The second-order valence-corrected chi connectivity index (χ2v) is 8.19. The smallest absolute Gasteiger partial charge is 0.136 e. The maximum Gasteiger partial charge on any atom is 0.136 e. The van der Waals surface area contributed by atoms with Gasteiger partial charge in [-0.2, -0.15) is 10.4 Å². The van der Waals surface area contributed by atoms with Crippen molar-refractivity contribution in [3.63, 3.8) is 0 Å². The second-order valence-electron chi connectivity index (χ2n) is 7.43. The summed E-state index contributed by atoms with van der Waals surface area (Å²) >= 11 is 3.52. The van der Waals surface area contributed by atoms with E-state index >= 15 is 0 Å². The first-order chi connectivity index (χ1) is 16.1. The molecule has 0 spiro atoms. The van der Waals surface area contributed by atoms with Crippen molar-refractivity contribution in [2.45, 2.75) is 12.8 Å². The van der Waals surface area contributed by atoms with E-state index in [1.165, 1.54) is 0 Å². The van der Waals surface area contributed by atoms with Gasteiger partial charge in [0.1, 0.15) is 16.1 Å². The minimum absolute atomic E-state index is 0.536. The van der Waals surface area contributed by atoms with Crippen LogP contribution in [0.4, 0.5) is 0 Å². The molecule has 166 valence electrons. The molecular weight excluding hydrogens is 480 g/mol. The standard InChI is InChI=1S/C26H23BrN4O2/c1-3-19-18(16-28)9-8-12-24(19)32-13-6-7-14-33-25-11-5-4-10-20(25)22-15-21-23(17-29-22)31(2)30-26(21)27/h3-5,8-12,15,17H,1,6-7,13-14H2,2H3. The van der Waals surface area contributed by atoms with Gasteiger partial charge in [-0.3, -0.25) is 9.67 Å². The largest absolute Gasteiger partial charge is 0.493 e. The third kappa shape index (κ3) is 4.91. The van der Waals surface area contributed by atoms with Crippen LogP contribution in [0, 0.1) is 11.3 Å². The number of unbranched alkanes of at least 4 members (excludes halogenated alkanes) is 1. The van der Waals surface area contributed by atoms with Gasteiger partial charge in [-0.15, -0.1) is 0 Å². The van der Waals surface area contributed by atoms with Gasteiger partial charge in [0.25, 0.3) is 0 Å². The van der Waals surface area contributed by atoms with Gasteiger partial charge in [0.15, 0.2) is 0 Å². The summed E-state index contributed by atoms with van der Waals surface area (Å²) in [4.78, 5) is 4.62. The van der Waals surface area contributed by atoms with Crippen molar-refractivity contribution in [1.29, 1.82) is 5.26 Å². The Bertz CT molecular complexity index is 1340. The van der Waals surface area contributed by atoms with Crippen molar-refractivity contribution in [2.75, 3.05) is 13.2 Å². The third-order valence-corrected chi connectivity index (χ3v) is 5.88. The van der Waals surface area contributed by atoms with Gasteiger partial charge in [0.05, 0.1) is 42.3 Å². The Morgan fingerprint density at radius 3 is 2.58 bits per heavy atom. The molecule has 0 fully saturated rings. The molecule has 0 amide bonds. The number of fused-ring (bicyclic) bond motifs is 1. The van der Waals surface area contributed by atoms with Gasteiger partial charge in [0.2, 0.25) is 0 Å². The van der Waals surface area contributed by atoms with Crippen LogP contribution >= 0.6 is 15.9 Å². The summed E-state index contributed by atoms with van der Waals surface area (Å²) in [5, 5.41) is 14.6. The molecule has 33 heavy (non-hydrogen) atoms. The van der Waals surface area contributed by atoms with Crippen molar-refractivity contribution in [3.05, 3.63) is 77.0 Å². The van der Waals surface area contributed by atoms with Crippen molar-refractivity contribution in [2.24, 2.45) is 7.05 Å². The molecule has 0 aliphatic carbocycles. The molecule has 0 atom stereocenters. The van der Waals surface area contributed by atoms with Gasteiger partial charge >= 0.3 is 0 Å². The molecule has 2 aromatic heterocycles. The predicted octanol–water partition coefficient (Wildman–Crippen LogP) is 6.15. The maximum absolute atomic E-state index is 9.21. The van der Waals surface area contributed by atoms with E-state index in [9.17, 15) is 5.26 Å². The summed E-state index contributed by atoms with van der Waals surface area (Å²) in [5.41, 5.74) is 4.03. The number of ether oxygens (including phenoxy) is 2. The molecule has 6 nitrogen and oxygen atoms in total. The highest BCUT2D eigenvalue weighted by Crippen LogP contribution is 2.32. The van der Waals surface area contributed by atoms with E-state index in [0.29, 0.717) is 24.5 Å². The fourth-order valence-electron chi connectivity index (χ4n) is 3.61. The van der Waals surface area contributed by atoms with Gasteiger partial charge in [-0.05, 0) is 59.1 Å². The van der Waals surface area contributed by atoms with Crippen LogP contribution in [0.5, 0.6) is 11.5 Å². The van der Waals surface area contributed by atoms with E-state index < -0.39 is 0 Å². The molecule has 0 bridgehead atoms. The van der Waals surface area contributed by atoms with Crippen molar-refractivity contribution in [1.82, 2.24) is 14.8 Å². The normalized spacial score (nSPS) is 10.7. The molecular formula is C26H23BrN4O2. The zero-order chi connectivity index (χ0) is 23.2. The highest BCUT2D eigenvalue weighted by Gasteiger charge is 2.12. The Morgan fingerprint density at radius 2 is 1.82 bits per heavy atom. The lowest BCUT2D eigenvalue weighted by Crippen LogP contribution is -2.04. The van der Waals surface area contributed by atoms with Crippen molar-refractivity contribution >= 4 is 32.9 Å². The zero-order valence-electron chi connectivity index (χ0n) is 18.3. The first-order valence-electron chi connectivity index (χ1n) is 10.6. The number of hydrogen-bond donors (Lipinski definition) is 0. The average molecular weight is 503 g/mol. The monoisotopic (exact) mass is 502 g/mol. The molecule has 4 rings (SSSR count). The molecule has 0 unspecified atom stereocenters. The van der Waals surface area contributed by atoms with Crippen LogP contribution in [0.15, 0.2) is 65.9 Å². The number of aromatic nitrogens is 3. The van der Waals surface area contributed by atoms with E-state index in [0.717, 1.165) is 50.9 Å². The Hall–Kier alpha value is -3.63. The number of rotatable bonds is 9. The first kappa shape index (κ1) is 22.6. The van der Waals surface area contributed by atoms with Crippen LogP contribution in [0.2, 0.25) is 0 Å². The Balaban J connectivity index is 1.36. The van der Waals surface area contributed by atoms with Gasteiger partial charge in [0, 0.05) is 23.6 Å². The SMILES string of the molecule is C=Cc1c(C#N)cccc1OCCCCOc1ccccc1-c1cc2c(Br)nn(C)c2cn1. The van der Waals surface area contributed by atoms with Crippen LogP contribution < -0.4 is 9.47 Å². The van der Waals surface area contributed by atoms with Crippen LogP contribution in [0.25, 0.3) is 28.2 Å². The summed E-state index contributed by atoms with van der Waals surface area (Å²) < 4.78 is 14.5. The number of hydrogen-bond acceptors (Lipinski definition) is 5. The van der Waals surface area contributed by atoms with Gasteiger partial charge in [-0.1, -0.05) is 30.9 Å². The zero-order valence-corrected chi connectivity index (χ0v) is 19.9. The number of benzene rings is 2. The molecule has 0 N–H and O–H groups in total. The molecule has 0 aliphatic heterocycles. The highest BCUT2D eigenvalue weighted by atomic mass is 79.9. The number of halogens is 1. The molecule has 0 radical (unpaired) electrons. The summed E-state index contributed by atoms with van der Waals surface area (Å²) in [7, 11) is 1.90. The molecule has 0 saturated heterocycles. The summed E-state index contributed by atoms with van der Waals surface area (Å²) in [5.74, 6) is 1.47. The number of pyridine rings is 1. The van der Waals surface area contributed by atoms with E-state index in [1.807, 2.05) is 55.7 Å². The first-order valence-corrected chi connectivity index (χ1v) is 11.4. The Morgan fingerprint density at radius 1 is 1.09 bits per heavy atom. The van der Waals surface area contributed by atoms with E-state index in [-0.39, 0.29) is 0 Å². The molecule has 0 aliphatic rings. The average Bonchev–Trinajstić information content (AvgIpc) is 3.13. The lowest BCUT2D eigenvalue weighted by atomic mass is 10.1. The number of aryl methyl sites for hydroxylation is 1. The minimum atomic E-state index is 0.536. The van der Waals surface area contributed by atoms with Gasteiger partial charge < -0.3 is 9.47 Å². The van der Waals surface area contributed by atoms with Crippen LogP contribution in [-0.2, 0) is 7.05 Å². The maximum atomic E-state index is 9.21. The topological polar surface area (TPSA) is 73.0 Å². The lowest BCUT2D eigenvalue weighted by Gasteiger charge is -2.12. The highest BCUT2D eigenvalue weighted by molar-refractivity contribution is 9.10. The minimum Gasteiger partial charge on any atom is -0.493 e. The molecule has 7 heteroatoms.